The van der Waals surface area contributed by atoms with E-state index in [-0.39, 0.29) is 22.7 Å². The summed E-state index contributed by atoms with van der Waals surface area (Å²) in [6, 6.07) is 6.60. The smallest absolute Gasteiger partial charge is 0.292 e. The van der Waals surface area contributed by atoms with Gasteiger partial charge in [0.25, 0.3) is 5.69 Å². The van der Waals surface area contributed by atoms with E-state index in [1.807, 2.05) is 6.92 Å². The Balaban J connectivity index is 0.00000144. The summed E-state index contributed by atoms with van der Waals surface area (Å²) in [5.41, 5.74) is 0.698. The lowest BCUT2D eigenvalue weighted by atomic mass is 10.3. The summed E-state index contributed by atoms with van der Waals surface area (Å²) in [7, 11) is 0. The maximum absolute atomic E-state index is 10.5. The molecule has 0 aromatic heterocycles. The fourth-order valence-corrected chi connectivity index (χ4v) is 0.973. The maximum atomic E-state index is 10.5. The molecule has 0 aliphatic rings. The van der Waals surface area contributed by atoms with Crippen molar-refractivity contribution < 1.29 is 4.92 Å². The number of para-hydroxylation sites is 2. The minimum absolute atomic E-state index is 0. The molecule has 1 rings (SSSR count). The van der Waals surface area contributed by atoms with E-state index >= 15 is 0 Å². The van der Waals surface area contributed by atoms with Crippen molar-refractivity contribution in [3.8, 4) is 0 Å². The van der Waals surface area contributed by atoms with E-state index in [4.69, 9.17) is 0 Å². The molecule has 0 aliphatic heterocycles. The summed E-state index contributed by atoms with van der Waals surface area (Å²) >= 11 is 0. The van der Waals surface area contributed by atoms with Gasteiger partial charge in [-0.1, -0.05) is 12.1 Å². The first-order valence-corrected chi connectivity index (χ1v) is 3.73. The van der Waals surface area contributed by atoms with Crippen LogP contribution in [0, 0.1) is 10.1 Å². The number of nitrogens with zero attached hydrogens (tertiary/aromatic N) is 1. The van der Waals surface area contributed by atoms with Gasteiger partial charge in [0.05, 0.1) is 4.92 Å². The van der Waals surface area contributed by atoms with Crippen LogP contribution in [0.4, 0.5) is 11.4 Å². The Morgan fingerprint density at radius 3 is 2.62 bits per heavy atom. The van der Waals surface area contributed by atoms with Crippen LogP contribution in [0.3, 0.4) is 0 Å². The van der Waals surface area contributed by atoms with E-state index in [9.17, 15) is 10.1 Å². The van der Waals surface area contributed by atoms with Crippen LogP contribution in [-0.2, 0) is 0 Å². The Morgan fingerprint density at radius 1 is 1.46 bits per heavy atom. The van der Waals surface area contributed by atoms with Crippen molar-refractivity contribution in [3.63, 3.8) is 0 Å². The van der Waals surface area contributed by atoms with Gasteiger partial charge in [-0.25, -0.2) is 0 Å². The quantitative estimate of drug-likeness (QED) is 0.659. The topological polar surface area (TPSA) is 55.2 Å². The minimum atomic E-state index is -0.391. The second kappa shape index (κ2) is 5.53. The van der Waals surface area contributed by atoms with Gasteiger partial charge in [-0.15, -0.1) is 17.0 Å². The summed E-state index contributed by atoms with van der Waals surface area (Å²) in [4.78, 5) is 10.1. The van der Waals surface area contributed by atoms with Crippen molar-refractivity contribution in [2.75, 3.05) is 11.9 Å². The van der Waals surface area contributed by atoms with Crippen LogP contribution in [0.1, 0.15) is 6.92 Å². The Hall–Kier alpha value is -1.10. The highest BCUT2D eigenvalue weighted by Crippen LogP contribution is 2.22. The molecule has 1 aromatic carbocycles. The third kappa shape index (κ3) is 3.02. The van der Waals surface area contributed by atoms with Crippen LogP contribution in [0.2, 0.25) is 0 Å². The van der Waals surface area contributed by atoms with Gasteiger partial charge in [0.15, 0.2) is 0 Å². The molecule has 0 fully saturated rings. The summed E-state index contributed by atoms with van der Waals surface area (Å²) in [5, 5.41) is 13.4. The zero-order valence-electron chi connectivity index (χ0n) is 7.19. The van der Waals surface area contributed by atoms with Gasteiger partial charge < -0.3 is 5.32 Å². The molecular formula is C8H11BrN2O2. The Bertz CT molecular complexity index is 291. The average Bonchev–Trinajstić information content (AvgIpc) is 2.05. The Kier molecular flexibility index (Phi) is 5.06. The molecule has 0 aliphatic carbocycles. The number of hydrogen-bond donors (Lipinski definition) is 1. The van der Waals surface area contributed by atoms with Crippen molar-refractivity contribution in [1.29, 1.82) is 0 Å². The first-order chi connectivity index (χ1) is 5.75. The van der Waals surface area contributed by atoms with Crippen molar-refractivity contribution >= 4 is 28.4 Å². The molecule has 0 atom stereocenters. The normalized spacial score (nSPS) is 8.69. The predicted octanol–water partition coefficient (Wildman–Crippen LogP) is 2.60. The SMILES string of the molecule is Br.CCNc1ccccc1[N+](=O)[O-]. The predicted molar refractivity (Wildman–Crippen MR) is 57.6 cm³/mol. The second-order valence-corrected chi connectivity index (χ2v) is 2.30. The van der Waals surface area contributed by atoms with Crippen LogP contribution in [0.5, 0.6) is 0 Å². The van der Waals surface area contributed by atoms with E-state index in [2.05, 4.69) is 5.32 Å². The molecule has 1 aromatic rings. The Morgan fingerprint density at radius 2 is 2.08 bits per heavy atom. The highest BCUT2D eigenvalue weighted by atomic mass is 79.9. The van der Waals surface area contributed by atoms with E-state index in [1.165, 1.54) is 6.07 Å². The number of nitro groups is 1. The van der Waals surface area contributed by atoms with Crippen LogP contribution in [0.15, 0.2) is 24.3 Å². The number of halogens is 1. The van der Waals surface area contributed by atoms with Gasteiger partial charge in [-0.05, 0) is 13.0 Å². The van der Waals surface area contributed by atoms with Gasteiger partial charge in [0.1, 0.15) is 5.69 Å². The first-order valence-electron chi connectivity index (χ1n) is 3.73. The van der Waals surface area contributed by atoms with Crippen LogP contribution < -0.4 is 5.32 Å². The summed E-state index contributed by atoms with van der Waals surface area (Å²) in [5.74, 6) is 0. The molecule has 0 saturated heterocycles. The number of benzene rings is 1. The average molecular weight is 247 g/mol. The lowest BCUT2D eigenvalue weighted by molar-refractivity contribution is -0.384. The number of rotatable bonds is 3. The highest BCUT2D eigenvalue weighted by molar-refractivity contribution is 8.93. The van der Waals surface area contributed by atoms with Gasteiger partial charge in [-0.2, -0.15) is 0 Å². The van der Waals surface area contributed by atoms with Crippen molar-refractivity contribution in [3.05, 3.63) is 34.4 Å². The Labute approximate surface area is 86.9 Å². The molecular weight excluding hydrogens is 236 g/mol. The summed E-state index contributed by atoms with van der Waals surface area (Å²) in [6.07, 6.45) is 0. The number of anilines is 1. The standard InChI is InChI=1S/C8H10N2O2.BrH/c1-2-9-7-5-3-4-6-8(7)10(11)12;/h3-6,9H,2H2,1H3;1H. The van der Waals surface area contributed by atoms with Gasteiger partial charge in [0, 0.05) is 12.6 Å². The van der Waals surface area contributed by atoms with E-state index in [0.29, 0.717) is 12.2 Å². The maximum Gasteiger partial charge on any atom is 0.292 e. The first kappa shape index (κ1) is 11.9. The number of nitro benzene ring substituents is 1. The van der Waals surface area contributed by atoms with Gasteiger partial charge >= 0.3 is 0 Å². The molecule has 1 N–H and O–H groups in total. The van der Waals surface area contributed by atoms with E-state index in [0.717, 1.165) is 0 Å². The molecule has 0 radical (unpaired) electrons. The fraction of sp³-hybridized carbons (Fsp3) is 0.250. The number of nitrogens with one attached hydrogen (secondary N) is 1. The zero-order valence-corrected chi connectivity index (χ0v) is 8.90. The van der Waals surface area contributed by atoms with Gasteiger partial charge in [-0.3, -0.25) is 10.1 Å². The van der Waals surface area contributed by atoms with Crippen molar-refractivity contribution in [2.24, 2.45) is 0 Å². The largest absolute Gasteiger partial charge is 0.380 e. The zero-order chi connectivity index (χ0) is 8.97. The summed E-state index contributed by atoms with van der Waals surface area (Å²) < 4.78 is 0. The molecule has 5 heteroatoms. The molecule has 0 spiro atoms. The molecule has 0 heterocycles. The van der Waals surface area contributed by atoms with Crippen LogP contribution in [0.25, 0.3) is 0 Å². The lowest BCUT2D eigenvalue weighted by Gasteiger charge is -2.02. The third-order valence-electron chi connectivity index (χ3n) is 1.47. The number of hydrogen-bond acceptors (Lipinski definition) is 3. The van der Waals surface area contributed by atoms with Crippen LogP contribution >= 0.6 is 17.0 Å². The van der Waals surface area contributed by atoms with Crippen molar-refractivity contribution in [2.45, 2.75) is 6.92 Å². The molecule has 72 valence electrons. The minimum Gasteiger partial charge on any atom is -0.380 e. The molecule has 0 amide bonds. The van der Waals surface area contributed by atoms with Crippen LogP contribution in [-0.4, -0.2) is 11.5 Å². The highest BCUT2D eigenvalue weighted by Gasteiger charge is 2.09. The van der Waals surface area contributed by atoms with Crippen molar-refractivity contribution in [1.82, 2.24) is 0 Å². The molecule has 4 nitrogen and oxygen atoms in total. The molecule has 0 saturated carbocycles. The van der Waals surface area contributed by atoms with Gasteiger partial charge in [0.2, 0.25) is 0 Å². The summed E-state index contributed by atoms with van der Waals surface area (Å²) in [6.45, 7) is 2.58. The molecule has 13 heavy (non-hydrogen) atoms. The third-order valence-corrected chi connectivity index (χ3v) is 1.47. The van der Waals surface area contributed by atoms with E-state index in [1.54, 1.807) is 18.2 Å². The molecule has 0 bridgehead atoms. The molecule has 0 unspecified atom stereocenters. The van der Waals surface area contributed by atoms with E-state index < -0.39 is 4.92 Å². The fourth-order valence-electron chi connectivity index (χ4n) is 0.973. The monoisotopic (exact) mass is 246 g/mol. The lowest BCUT2D eigenvalue weighted by Crippen LogP contribution is -2.00. The second-order valence-electron chi connectivity index (χ2n) is 2.30.